The first-order valence-electron chi connectivity index (χ1n) is 6.83. The van der Waals surface area contributed by atoms with E-state index in [1.807, 2.05) is 32.0 Å². The molecular formula is C15H13N5O2S. The topological polar surface area (TPSA) is 86.7 Å². The molecular weight excluding hydrogens is 314 g/mol. The normalized spacial score (nSPS) is 10.7. The lowest BCUT2D eigenvalue weighted by Crippen LogP contribution is -2.00. The zero-order valence-corrected chi connectivity index (χ0v) is 13.3. The Morgan fingerprint density at radius 1 is 1.13 bits per heavy atom. The smallest absolute Gasteiger partial charge is 0.258 e. The number of nitro groups is 1. The number of nitrogens with zero attached hydrogens (tertiary/aromatic N) is 5. The molecule has 0 radical (unpaired) electrons. The Hall–Kier alpha value is -2.74. The van der Waals surface area contributed by atoms with E-state index in [0.717, 1.165) is 11.3 Å². The molecule has 116 valence electrons. The summed E-state index contributed by atoms with van der Waals surface area (Å²) in [5, 5.41) is 23.3. The van der Waals surface area contributed by atoms with Crippen LogP contribution in [0.5, 0.6) is 0 Å². The first kappa shape index (κ1) is 15.2. The summed E-state index contributed by atoms with van der Waals surface area (Å²) in [7, 11) is 0. The Balaban J connectivity index is 1.99. The summed E-state index contributed by atoms with van der Waals surface area (Å²) < 4.78 is 1.58. The number of aryl methyl sites for hydroxylation is 2. The van der Waals surface area contributed by atoms with E-state index < -0.39 is 4.92 Å². The summed E-state index contributed by atoms with van der Waals surface area (Å²) in [5.41, 5.74) is 3.15. The van der Waals surface area contributed by atoms with Gasteiger partial charge < -0.3 is 0 Å². The van der Waals surface area contributed by atoms with Crippen LogP contribution in [0, 0.1) is 24.0 Å². The van der Waals surface area contributed by atoms with Crippen molar-refractivity contribution in [1.82, 2.24) is 20.2 Å². The average Bonchev–Trinajstić information content (AvgIpc) is 2.98. The molecule has 0 atom stereocenters. The van der Waals surface area contributed by atoms with Crippen molar-refractivity contribution in [2.24, 2.45) is 0 Å². The SMILES string of the molecule is Cc1ccc(-n2nnnc2Sc2ccccc2[N+](=O)[O-])cc1C. The van der Waals surface area contributed by atoms with Crippen molar-refractivity contribution in [2.45, 2.75) is 23.9 Å². The second-order valence-electron chi connectivity index (χ2n) is 4.97. The molecule has 23 heavy (non-hydrogen) atoms. The van der Waals surface area contributed by atoms with Gasteiger partial charge in [0.25, 0.3) is 5.69 Å². The van der Waals surface area contributed by atoms with Crippen LogP contribution >= 0.6 is 11.8 Å². The summed E-state index contributed by atoms with van der Waals surface area (Å²) in [6.07, 6.45) is 0. The van der Waals surface area contributed by atoms with Gasteiger partial charge in [-0.05, 0) is 65.4 Å². The van der Waals surface area contributed by atoms with Gasteiger partial charge in [-0.2, -0.15) is 4.68 Å². The van der Waals surface area contributed by atoms with Gasteiger partial charge in [0.1, 0.15) is 0 Å². The Kier molecular flexibility index (Phi) is 4.07. The number of tetrazole rings is 1. The maximum absolute atomic E-state index is 11.1. The second kappa shape index (κ2) is 6.17. The fourth-order valence-electron chi connectivity index (χ4n) is 2.05. The predicted octanol–water partition coefficient (Wildman–Crippen LogP) is 3.34. The van der Waals surface area contributed by atoms with E-state index in [4.69, 9.17) is 0 Å². The number of aromatic nitrogens is 4. The van der Waals surface area contributed by atoms with E-state index in [2.05, 4.69) is 15.5 Å². The molecule has 1 aromatic heterocycles. The lowest BCUT2D eigenvalue weighted by atomic mass is 10.1. The Labute approximate surface area is 136 Å². The minimum absolute atomic E-state index is 0.0344. The standard InChI is InChI=1S/C15H13N5O2S/c1-10-7-8-12(9-11(10)2)19-15(16-17-18-19)23-14-6-4-3-5-13(14)20(21)22/h3-9H,1-2H3. The zero-order valence-electron chi connectivity index (χ0n) is 12.5. The minimum atomic E-state index is -0.410. The maximum Gasteiger partial charge on any atom is 0.283 e. The van der Waals surface area contributed by atoms with Gasteiger partial charge >= 0.3 is 0 Å². The first-order chi connectivity index (χ1) is 11.1. The molecule has 1 heterocycles. The van der Waals surface area contributed by atoms with Crippen molar-refractivity contribution in [3.8, 4) is 5.69 Å². The fraction of sp³-hybridized carbons (Fsp3) is 0.133. The molecule has 0 fully saturated rings. The molecule has 0 aliphatic rings. The Morgan fingerprint density at radius 2 is 1.91 bits per heavy atom. The summed E-state index contributed by atoms with van der Waals surface area (Å²) in [6.45, 7) is 4.04. The highest BCUT2D eigenvalue weighted by molar-refractivity contribution is 7.99. The van der Waals surface area contributed by atoms with Crippen molar-refractivity contribution in [1.29, 1.82) is 0 Å². The van der Waals surface area contributed by atoms with Gasteiger partial charge in [-0.3, -0.25) is 10.1 Å². The van der Waals surface area contributed by atoms with Gasteiger partial charge in [0.05, 0.1) is 15.5 Å². The highest BCUT2D eigenvalue weighted by Gasteiger charge is 2.18. The second-order valence-corrected chi connectivity index (χ2v) is 5.98. The van der Waals surface area contributed by atoms with Crippen LogP contribution in [-0.2, 0) is 0 Å². The molecule has 2 aromatic carbocycles. The third-order valence-electron chi connectivity index (χ3n) is 3.44. The van der Waals surface area contributed by atoms with E-state index in [9.17, 15) is 10.1 Å². The number of nitro benzene ring substituents is 1. The van der Waals surface area contributed by atoms with Gasteiger partial charge in [-0.25, -0.2) is 0 Å². The van der Waals surface area contributed by atoms with E-state index >= 15 is 0 Å². The highest BCUT2D eigenvalue weighted by Crippen LogP contribution is 2.33. The van der Waals surface area contributed by atoms with Gasteiger partial charge in [0.15, 0.2) is 0 Å². The molecule has 3 rings (SSSR count). The molecule has 0 amide bonds. The van der Waals surface area contributed by atoms with E-state index in [0.29, 0.717) is 10.1 Å². The summed E-state index contributed by atoms with van der Waals surface area (Å²) in [6, 6.07) is 12.4. The molecule has 7 nitrogen and oxygen atoms in total. The van der Waals surface area contributed by atoms with Gasteiger partial charge in [-0.15, -0.1) is 5.10 Å². The molecule has 3 aromatic rings. The number of benzene rings is 2. The number of rotatable bonds is 4. The van der Waals surface area contributed by atoms with Crippen LogP contribution in [0.1, 0.15) is 11.1 Å². The van der Waals surface area contributed by atoms with E-state index in [1.165, 1.54) is 23.4 Å². The highest BCUT2D eigenvalue weighted by atomic mass is 32.2. The zero-order chi connectivity index (χ0) is 16.4. The average molecular weight is 327 g/mol. The first-order valence-corrected chi connectivity index (χ1v) is 7.65. The van der Waals surface area contributed by atoms with Gasteiger partial charge in [-0.1, -0.05) is 18.2 Å². The van der Waals surface area contributed by atoms with Crippen LogP contribution < -0.4 is 0 Å². The third-order valence-corrected chi connectivity index (χ3v) is 4.44. The van der Waals surface area contributed by atoms with Gasteiger partial charge in [0.2, 0.25) is 5.16 Å². The van der Waals surface area contributed by atoms with Gasteiger partial charge in [0, 0.05) is 6.07 Å². The van der Waals surface area contributed by atoms with Crippen molar-refractivity contribution < 1.29 is 4.92 Å². The van der Waals surface area contributed by atoms with Crippen LogP contribution in [0.15, 0.2) is 52.5 Å². The quantitative estimate of drug-likeness (QED) is 0.539. The molecule has 0 bridgehead atoms. The van der Waals surface area contributed by atoms with E-state index in [-0.39, 0.29) is 5.69 Å². The lowest BCUT2D eigenvalue weighted by molar-refractivity contribution is -0.387. The molecule has 8 heteroatoms. The van der Waals surface area contributed by atoms with Crippen molar-refractivity contribution in [3.05, 3.63) is 63.7 Å². The predicted molar refractivity (Wildman–Crippen MR) is 85.8 cm³/mol. The van der Waals surface area contributed by atoms with Crippen molar-refractivity contribution in [3.63, 3.8) is 0 Å². The molecule has 0 spiro atoms. The monoisotopic (exact) mass is 327 g/mol. The van der Waals surface area contributed by atoms with Crippen molar-refractivity contribution >= 4 is 17.4 Å². The number of para-hydroxylation sites is 1. The molecule has 0 N–H and O–H groups in total. The van der Waals surface area contributed by atoms with Crippen molar-refractivity contribution in [2.75, 3.05) is 0 Å². The largest absolute Gasteiger partial charge is 0.283 e. The van der Waals surface area contributed by atoms with Crippen LogP contribution in [0.4, 0.5) is 5.69 Å². The van der Waals surface area contributed by atoms with E-state index in [1.54, 1.807) is 22.9 Å². The summed E-state index contributed by atoms with van der Waals surface area (Å²) in [4.78, 5) is 11.2. The maximum atomic E-state index is 11.1. The van der Waals surface area contributed by atoms with Crippen LogP contribution in [0.25, 0.3) is 5.69 Å². The fourth-order valence-corrected chi connectivity index (χ4v) is 2.95. The summed E-state index contributed by atoms with van der Waals surface area (Å²) >= 11 is 1.17. The number of hydrogen-bond acceptors (Lipinski definition) is 6. The Morgan fingerprint density at radius 3 is 2.65 bits per heavy atom. The minimum Gasteiger partial charge on any atom is -0.258 e. The summed E-state index contributed by atoms with van der Waals surface area (Å²) in [5.74, 6) is 0. The van der Waals surface area contributed by atoms with Crippen LogP contribution in [0.2, 0.25) is 0 Å². The van der Waals surface area contributed by atoms with Crippen LogP contribution in [-0.4, -0.2) is 25.1 Å². The lowest BCUT2D eigenvalue weighted by Gasteiger charge is -2.07. The number of hydrogen-bond donors (Lipinski definition) is 0. The Bertz CT molecular complexity index is 878. The van der Waals surface area contributed by atoms with Crippen LogP contribution in [0.3, 0.4) is 0 Å². The molecule has 0 aliphatic carbocycles. The molecule has 0 aliphatic heterocycles. The molecule has 0 saturated heterocycles. The molecule has 0 unspecified atom stereocenters. The molecule has 0 saturated carbocycles. The third kappa shape index (κ3) is 3.07.